The molecule has 0 saturated carbocycles. The third-order valence-electron chi connectivity index (χ3n) is 1.83. The van der Waals surface area contributed by atoms with Crippen molar-refractivity contribution in [3.63, 3.8) is 0 Å². The van der Waals surface area contributed by atoms with Gasteiger partial charge in [-0.15, -0.1) is 11.3 Å². The number of rotatable bonds is 3. The fourth-order valence-corrected chi connectivity index (χ4v) is 2.00. The number of carboxylic acids is 1. The van der Waals surface area contributed by atoms with Crippen LogP contribution in [0.25, 0.3) is 10.8 Å². The monoisotopic (exact) mass is 223 g/mol. The van der Waals surface area contributed by atoms with Crippen LogP contribution in [0.15, 0.2) is 22.7 Å². The molecule has 0 atom stereocenters. The second-order valence-electron chi connectivity index (χ2n) is 3.11. The first kappa shape index (κ1) is 9.92. The molecule has 0 aromatic carbocycles. The molecule has 5 heteroatoms. The van der Waals surface area contributed by atoms with Crippen molar-refractivity contribution in [2.45, 2.75) is 13.3 Å². The van der Waals surface area contributed by atoms with Gasteiger partial charge in [0.25, 0.3) is 0 Å². The summed E-state index contributed by atoms with van der Waals surface area (Å²) in [5.74, 6) is -0.0482. The Morgan fingerprint density at radius 3 is 3.00 bits per heavy atom. The second kappa shape index (κ2) is 3.86. The summed E-state index contributed by atoms with van der Waals surface area (Å²) in [6, 6.07) is 3.89. The van der Waals surface area contributed by atoms with Crippen LogP contribution >= 0.6 is 11.3 Å². The summed E-state index contributed by atoms with van der Waals surface area (Å²) in [7, 11) is 0. The van der Waals surface area contributed by atoms with Crippen molar-refractivity contribution >= 4 is 17.3 Å². The molecule has 15 heavy (non-hydrogen) atoms. The molecule has 0 amide bonds. The standard InChI is InChI=1S/C10H9NO3S/c1-6-2-3-8(15-6)10-11-5-7(14-10)4-9(12)13/h2-3,5H,4H2,1H3,(H,12,13). The van der Waals surface area contributed by atoms with Crippen LogP contribution in [0.1, 0.15) is 10.6 Å². The van der Waals surface area contributed by atoms with Crippen molar-refractivity contribution in [1.82, 2.24) is 4.98 Å². The third-order valence-corrected chi connectivity index (χ3v) is 2.82. The summed E-state index contributed by atoms with van der Waals surface area (Å²) in [5, 5.41) is 8.57. The largest absolute Gasteiger partial charge is 0.481 e. The number of hydrogen-bond acceptors (Lipinski definition) is 4. The lowest BCUT2D eigenvalue weighted by molar-refractivity contribution is -0.136. The molecule has 0 unspecified atom stereocenters. The van der Waals surface area contributed by atoms with Crippen LogP contribution in [-0.2, 0) is 11.2 Å². The highest BCUT2D eigenvalue weighted by Gasteiger charge is 2.10. The summed E-state index contributed by atoms with van der Waals surface area (Å²) in [6.45, 7) is 2.00. The number of oxazole rings is 1. The molecule has 78 valence electrons. The van der Waals surface area contributed by atoms with Crippen molar-refractivity contribution in [2.75, 3.05) is 0 Å². The van der Waals surface area contributed by atoms with Crippen LogP contribution in [0, 0.1) is 6.92 Å². The smallest absolute Gasteiger partial charge is 0.311 e. The Labute approximate surface area is 90.2 Å². The zero-order valence-electron chi connectivity index (χ0n) is 8.06. The van der Waals surface area contributed by atoms with E-state index < -0.39 is 5.97 Å². The molecule has 0 aliphatic rings. The molecule has 0 spiro atoms. The van der Waals surface area contributed by atoms with Gasteiger partial charge in [-0.1, -0.05) is 0 Å². The minimum Gasteiger partial charge on any atom is -0.481 e. The molecule has 2 aromatic rings. The van der Waals surface area contributed by atoms with Crippen LogP contribution in [0.2, 0.25) is 0 Å². The van der Waals surface area contributed by atoms with Gasteiger partial charge in [-0.2, -0.15) is 0 Å². The summed E-state index contributed by atoms with van der Waals surface area (Å²) in [5.41, 5.74) is 0. The normalized spacial score (nSPS) is 10.5. The van der Waals surface area contributed by atoms with E-state index in [1.807, 2.05) is 19.1 Å². The number of nitrogens with zero attached hydrogens (tertiary/aromatic N) is 1. The van der Waals surface area contributed by atoms with E-state index >= 15 is 0 Å². The van der Waals surface area contributed by atoms with Crippen molar-refractivity contribution in [3.05, 3.63) is 29.0 Å². The Hall–Kier alpha value is -1.62. The predicted molar refractivity (Wildman–Crippen MR) is 55.9 cm³/mol. The van der Waals surface area contributed by atoms with Crippen molar-refractivity contribution in [3.8, 4) is 10.8 Å². The van der Waals surface area contributed by atoms with Gasteiger partial charge < -0.3 is 9.52 Å². The predicted octanol–water partition coefficient (Wildman–Crippen LogP) is 2.34. The number of aryl methyl sites for hydroxylation is 1. The van der Waals surface area contributed by atoms with Gasteiger partial charge in [0.1, 0.15) is 12.2 Å². The maximum Gasteiger partial charge on any atom is 0.311 e. The minimum atomic E-state index is -0.917. The topological polar surface area (TPSA) is 63.3 Å². The van der Waals surface area contributed by atoms with E-state index in [0.29, 0.717) is 11.7 Å². The number of carboxylic acid groups (broad SMARTS) is 1. The van der Waals surface area contributed by atoms with Gasteiger partial charge in [0.15, 0.2) is 0 Å². The average Bonchev–Trinajstić information content (AvgIpc) is 2.72. The van der Waals surface area contributed by atoms with E-state index in [0.717, 1.165) is 4.88 Å². The van der Waals surface area contributed by atoms with Gasteiger partial charge in [0.05, 0.1) is 11.1 Å². The SMILES string of the molecule is Cc1ccc(-c2ncc(CC(=O)O)o2)s1. The molecule has 2 aromatic heterocycles. The van der Waals surface area contributed by atoms with Crippen LogP contribution in [0.5, 0.6) is 0 Å². The molecular weight excluding hydrogens is 214 g/mol. The average molecular weight is 223 g/mol. The molecule has 2 rings (SSSR count). The maximum atomic E-state index is 10.4. The molecule has 0 aliphatic carbocycles. The fourth-order valence-electron chi connectivity index (χ4n) is 1.20. The Balaban J connectivity index is 2.23. The molecule has 4 nitrogen and oxygen atoms in total. The molecule has 0 aliphatic heterocycles. The number of thiophene rings is 1. The lowest BCUT2D eigenvalue weighted by atomic mass is 10.4. The highest BCUT2D eigenvalue weighted by atomic mass is 32.1. The lowest BCUT2D eigenvalue weighted by Crippen LogP contribution is -1.97. The Bertz CT molecular complexity index is 486. The zero-order chi connectivity index (χ0) is 10.8. The first-order valence-corrected chi connectivity index (χ1v) is 5.20. The Morgan fingerprint density at radius 1 is 1.60 bits per heavy atom. The minimum absolute atomic E-state index is 0.128. The first-order chi connectivity index (χ1) is 7.15. The number of carbonyl (C=O) groups is 1. The Kier molecular flexibility index (Phi) is 2.55. The van der Waals surface area contributed by atoms with E-state index in [2.05, 4.69) is 4.98 Å². The molecule has 0 saturated heterocycles. The Morgan fingerprint density at radius 2 is 2.40 bits per heavy atom. The molecule has 2 heterocycles. The second-order valence-corrected chi connectivity index (χ2v) is 4.40. The van der Waals surface area contributed by atoms with Crippen LogP contribution in [-0.4, -0.2) is 16.1 Å². The highest BCUT2D eigenvalue weighted by Crippen LogP contribution is 2.27. The van der Waals surface area contributed by atoms with Gasteiger partial charge >= 0.3 is 5.97 Å². The van der Waals surface area contributed by atoms with E-state index in [1.54, 1.807) is 11.3 Å². The third kappa shape index (κ3) is 2.24. The zero-order valence-corrected chi connectivity index (χ0v) is 8.87. The van der Waals surface area contributed by atoms with Crippen LogP contribution < -0.4 is 0 Å². The summed E-state index contributed by atoms with van der Waals surface area (Å²) >= 11 is 1.57. The number of aliphatic carboxylic acids is 1. The fraction of sp³-hybridized carbons (Fsp3) is 0.200. The van der Waals surface area contributed by atoms with E-state index in [4.69, 9.17) is 9.52 Å². The van der Waals surface area contributed by atoms with Crippen molar-refractivity contribution in [2.24, 2.45) is 0 Å². The van der Waals surface area contributed by atoms with Gasteiger partial charge in [0, 0.05) is 4.88 Å². The number of aromatic nitrogens is 1. The molecular formula is C10H9NO3S. The summed E-state index contributed by atoms with van der Waals surface area (Å²) < 4.78 is 5.31. The first-order valence-electron chi connectivity index (χ1n) is 4.38. The van der Waals surface area contributed by atoms with Crippen molar-refractivity contribution in [1.29, 1.82) is 0 Å². The van der Waals surface area contributed by atoms with E-state index in [-0.39, 0.29) is 6.42 Å². The van der Waals surface area contributed by atoms with Gasteiger partial charge in [-0.25, -0.2) is 4.98 Å². The molecule has 0 bridgehead atoms. The van der Waals surface area contributed by atoms with Crippen molar-refractivity contribution < 1.29 is 14.3 Å². The van der Waals surface area contributed by atoms with Gasteiger partial charge in [-0.05, 0) is 19.1 Å². The summed E-state index contributed by atoms with van der Waals surface area (Å²) in [4.78, 5) is 16.6. The molecule has 0 radical (unpaired) electrons. The van der Waals surface area contributed by atoms with Gasteiger partial charge in [-0.3, -0.25) is 4.79 Å². The van der Waals surface area contributed by atoms with Crippen LogP contribution in [0.3, 0.4) is 0 Å². The molecule has 0 fully saturated rings. The quantitative estimate of drug-likeness (QED) is 0.867. The molecule has 1 N–H and O–H groups in total. The lowest BCUT2D eigenvalue weighted by Gasteiger charge is -1.89. The van der Waals surface area contributed by atoms with E-state index in [9.17, 15) is 4.79 Å². The van der Waals surface area contributed by atoms with Crippen LogP contribution in [0.4, 0.5) is 0 Å². The number of hydrogen-bond donors (Lipinski definition) is 1. The highest BCUT2D eigenvalue weighted by molar-refractivity contribution is 7.15. The summed E-state index contributed by atoms with van der Waals surface area (Å²) in [6.07, 6.45) is 1.33. The van der Waals surface area contributed by atoms with E-state index in [1.165, 1.54) is 11.1 Å². The maximum absolute atomic E-state index is 10.4. The van der Waals surface area contributed by atoms with Gasteiger partial charge in [0.2, 0.25) is 5.89 Å².